The number of ether oxygens (including phenoxy) is 1. The fraction of sp³-hybridized carbons (Fsp3) is 0.467. The Labute approximate surface area is 119 Å². The average Bonchev–Trinajstić information content (AvgIpc) is 2.33. The predicted octanol–water partition coefficient (Wildman–Crippen LogP) is 4.15. The van der Waals surface area contributed by atoms with Crippen molar-refractivity contribution in [2.45, 2.75) is 27.3 Å². The molecular weight excluding hydrogens is 290 g/mol. The molecule has 0 radical (unpaired) electrons. The molecule has 0 aromatic heterocycles. The smallest absolute Gasteiger partial charge is 0.120 e. The molecule has 0 amide bonds. The van der Waals surface area contributed by atoms with E-state index in [4.69, 9.17) is 4.74 Å². The Kier molecular flexibility index (Phi) is 7.06. The molecule has 0 bridgehead atoms. The van der Waals surface area contributed by atoms with Crippen molar-refractivity contribution in [3.8, 4) is 5.75 Å². The third kappa shape index (κ3) is 5.69. The topological polar surface area (TPSA) is 21.3 Å². The summed E-state index contributed by atoms with van der Waals surface area (Å²) in [7, 11) is 0. The van der Waals surface area contributed by atoms with Crippen LogP contribution in [0.4, 0.5) is 0 Å². The summed E-state index contributed by atoms with van der Waals surface area (Å²) < 4.78 is 6.76. The van der Waals surface area contributed by atoms with Gasteiger partial charge in [-0.25, -0.2) is 0 Å². The third-order valence-corrected chi connectivity index (χ3v) is 3.24. The Balaban J connectivity index is 2.57. The molecule has 0 fully saturated rings. The zero-order chi connectivity index (χ0) is 13.4. The van der Waals surface area contributed by atoms with Gasteiger partial charge in [0.25, 0.3) is 0 Å². The van der Waals surface area contributed by atoms with Crippen molar-refractivity contribution in [2.75, 3.05) is 13.2 Å². The van der Waals surface area contributed by atoms with Crippen molar-refractivity contribution in [1.82, 2.24) is 5.32 Å². The normalized spacial score (nSPS) is 11.4. The van der Waals surface area contributed by atoms with E-state index in [0.29, 0.717) is 12.5 Å². The second-order valence-electron chi connectivity index (χ2n) is 4.66. The largest absolute Gasteiger partial charge is 0.490 e. The monoisotopic (exact) mass is 311 g/mol. The number of halogens is 1. The van der Waals surface area contributed by atoms with Crippen molar-refractivity contribution >= 4 is 15.9 Å². The van der Waals surface area contributed by atoms with E-state index in [9.17, 15) is 0 Å². The lowest BCUT2D eigenvalue weighted by Crippen LogP contribution is -2.19. The van der Waals surface area contributed by atoms with E-state index in [1.807, 2.05) is 31.2 Å². The maximum atomic E-state index is 5.63. The lowest BCUT2D eigenvalue weighted by molar-refractivity contribution is 0.362. The predicted molar refractivity (Wildman–Crippen MR) is 81.0 cm³/mol. The molecule has 3 heteroatoms. The Morgan fingerprint density at radius 1 is 1.39 bits per heavy atom. The first-order valence-corrected chi connectivity index (χ1v) is 7.16. The second kappa shape index (κ2) is 8.33. The van der Waals surface area contributed by atoms with Crippen LogP contribution < -0.4 is 10.1 Å². The van der Waals surface area contributed by atoms with Crippen LogP contribution in [0.5, 0.6) is 5.75 Å². The Morgan fingerprint density at radius 3 is 2.83 bits per heavy atom. The molecule has 0 aliphatic rings. The summed E-state index contributed by atoms with van der Waals surface area (Å²) in [5.74, 6) is 1.58. The molecule has 1 N–H and O–H groups in total. The van der Waals surface area contributed by atoms with Gasteiger partial charge in [0, 0.05) is 11.0 Å². The van der Waals surface area contributed by atoms with Crippen LogP contribution in [0.1, 0.15) is 26.3 Å². The van der Waals surface area contributed by atoms with Gasteiger partial charge in [-0.3, -0.25) is 0 Å². The molecule has 0 atom stereocenters. The van der Waals surface area contributed by atoms with Gasteiger partial charge >= 0.3 is 0 Å². The lowest BCUT2D eigenvalue weighted by Gasteiger charge is -2.11. The van der Waals surface area contributed by atoms with E-state index in [0.717, 1.165) is 23.3 Å². The molecule has 2 nitrogen and oxygen atoms in total. The van der Waals surface area contributed by atoms with Gasteiger partial charge in [-0.2, -0.15) is 0 Å². The Bertz CT molecular complexity index is 388. The van der Waals surface area contributed by atoms with Gasteiger partial charge in [-0.05, 0) is 43.1 Å². The van der Waals surface area contributed by atoms with Crippen LogP contribution in [0, 0.1) is 5.92 Å². The second-order valence-corrected chi connectivity index (χ2v) is 5.51. The summed E-state index contributed by atoms with van der Waals surface area (Å²) in [6.07, 6.45) is 3.99. The van der Waals surface area contributed by atoms with Gasteiger partial charge in [0.1, 0.15) is 12.4 Å². The molecular formula is C15H22BrNO. The molecule has 0 unspecified atom stereocenters. The van der Waals surface area contributed by atoms with E-state index in [-0.39, 0.29) is 0 Å². The molecule has 0 heterocycles. The molecule has 0 saturated carbocycles. The third-order valence-electron chi connectivity index (χ3n) is 2.47. The summed E-state index contributed by atoms with van der Waals surface area (Å²) in [5, 5.41) is 3.44. The molecule has 0 aliphatic carbocycles. The number of hydrogen-bond acceptors (Lipinski definition) is 2. The van der Waals surface area contributed by atoms with Crippen molar-refractivity contribution < 1.29 is 4.74 Å². The van der Waals surface area contributed by atoms with E-state index in [2.05, 4.69) is 41.2 Å². The van der Waals surface area contributed by atoms with Crippen LogP contribution >= 0.6 is 15.9 Å². The lowest BCUT2D eigenvalue weighted by atomic mass is 10.2. The molecule has 0 spiro atoms. The molecule has 100 valence electrons. The van der Waals surface area contributed by atoms with Gasteiger partial charge in [0.2, 0.25) is 0 Å². The summed E-state index contributed by atoms with van der Waals surface area (Å²) in [6.45, 7) is 8.91. The first kappa shape index (κ1) is 15.3. The highest BCUT2D eigenvalue weighted by Gasteiger charge is 2.03. The summed E-state index contributed by atoms with van der Waals surface area (Å²) >= 11 is 3.57. The van der Waals surface area contributed by atoms with Crippen LogP contribution in [-0.2, 0) is 6.54 Å². The fourth-order valence-corrected chi connectivity index (χ4v) is 1.90. The highest BCUT2D eigenvalue weighted by molar-refractivity contribution is 9.10. The molecule has 1 aromatic carbocycles. The van der Waals surface area contributed by atoms with Crippen molar-refractivity contribution in [3.05, 3.63) is 40.4 Å². The molecule has 0 saturated heterocycles. The number of rotatable bonds is 7. The minimum absolute atomic E-state index is 0.622. The zero-order valence-electron chi connectivity index (χ0n) is 11.4. The SMILES string of the molecule is C/C=C/COc1ccc(Br)c(CNCC(C)C)c1. The van der Waals surface area contributed by atoms with Gasteiger partial charge in [0.05, 0.1) is 0 Å². The van der Waals surface area contributed by atoms with Crippen LogP contribution in [-0.4, -0.2) is 13.2 Å². The summed E-state index contributed by atoms with van der Waals surface area (Å²) in [5.41, 5.74) is 1.23. The Hall–Kier alpha value is -0.800. The number of hydrogen-bond donors (Lipinski definition) is 1. The van der Waals surface area contributed by atoms with Crippen LogP contribution in [0.2, 0.25) is 0 Å². The summed E-state index contributed by atoms with van der Waals surface area (Å²) in [6, 6.07) is 6.11. The maximum absolute atomic E-state index is 5.63. The molecule has 1 aromatic rings. The highest BCUT2D eigenvalue weighted by atomic mass is 79.9. The van der Waals surface area contributed by atoms with Crippen molar-refractivity contribution in [1.29, 1.82) is 0 Å². The van der Waals surface area contributed by atoms with E-state index < -0.39 is 0 Å². The average molecular weight is 312 g/mol. The standard InChI is InChI=1S/C15H22BrNO/c1-4-5-8-18-14-6-7-15(16)13(9-14)11-17-10-12(2)3/h4-7,9,12,17H,8,10-11H2,1-3H3/b5-4+. The van der Waals surface area contributed by atoms with E-state index >= 15 is 0 Å². The quantitative estimate of drug-likeness (QED) is 0.764. The molecule has 1 rings (SSSR count). The van der Waals surface area contributed by atoms with Crippen molar-refractivity contribution in [3.63, 3.8) is 0 Å². The van der Waals surface area contributed by atoms with E-state index in [1.54, 1.807) is 0 Å². The van der Waals surface area contributed by atoms with Crippen molar-refractivity contribution in [2.24, 2.45) is 5.92 Å². The fourth-order valence-electron chi connectivity index (χ4n) is 1.51. The molecule has 0 aliphatic heterocycles. The first-order valence-electron chi connectivity index (χ1n) is 6.36. The zero-order valence-corrected chi connectivity index (χ0v) is 13.0. The number of nitrogens with one attached hydrogen (secondary N) is 1. The van der Waals surface area contributed by atoms with Gasteiger partial charge < -0.3 is 10.1 Å². The maximum Gasteiger partial charge on any atom is 0.120 e. The first-order chi connectivity index (χ1) is 8.63. The minimum atomic E-state index is 0.622. The van der Waals surface area contributed by atoms with Gasteiger partial charge in [0.15, 0.2) is 0 Å². The van der Waals surface area contributed by atoms with Gasteiger partial charge in [-0.1, -0.05) is 41.9 Å². The van der Waals surface area contributed by atoms with Crippen LogP contribution in [0.25, 0.3) is 0 Å². The number of allylic oxidation sites excluding steroid dienone is 1. The number of benzene rings is 1. The Morgan fingerprint density at radius 2 is 2.17 bits per heavy atom. The van der Waals surface area contributed by atoms with Gasteiger partial charge in [-0.15, -0.1) is 0 Å². The molecule has 18 heavy (non-hydrogen) atoms. The highest BCUT2D eigenvalue weighted by Crippen LogP contribution is 2.22. The summed E-state index contributed by atoms with van der Waals surface area (Å²) in [4.78, 5) is 0. The van der Waals surface area contributed by atoms with Crippen LogP contribution in [0.15, 0.2) is 34.8 Å². The minimum Gasteiger partial charge on any atom is -0.490 e. The van der Waals surface area contributed by atoms with E-state index in [1.165, 1.54) is 5.56 Å². The van der Waals surface area contributed by atoms with Crippen LogP contribution in [0.3, 0.4) is 0 Å².